The summed E-state index contributed by atoms with van der Waals surface area (Å²) in [6.07, 6.45) is 1.04. The summed E-state index contributed by atoms with van der Waals surface area (Å²) < 4.78 is 5.20. The summed E-state index contributed by atoms with van der Waals surface area (Å²) in [7, 11) is 0. The molecule has 0 fully saturated rings. The predicted octanol–water partition coefficient (Wildman–Crippen LogP) is 4.37. The van der Waals surface area contributed by atoms with Gasteiger partial charge in [-0.3, -0.25) is 20.2 Å². The molecular formula is C22H16N4O5S. The molecule has 0 aliphatic rings. The SMILES string of the molecule is Cc1ccc(-c2cc(C(=O)OCC(=O)Nc3ncc([N+](=O)[O-])s3)c3ccccc3n2)cc1. The monoisotopic (exact) mass is 448 g/mol. The number of benzene rings is 2. The van der Waals surface area contributed by atoms with Crippen molar-refractivity contribution in [3.63, 3.8) is 0 Å². The number of para-hydroxylation sites is 1. The Morgan fingerprint density at radius 1 is 1.16 bits per heavy atom. The molecule has 0 saturated carbocycles. The summed E-state index contributed by atoms with van der Waals surface area (Å²) in [6.45, 7) is 1.41. The van der Waals surface area contributed by atoms with Crippen LogP contribution in [-0.2, 0) is 9.53 Å². The zero-order chi connectivity index (χ0) is 22.7. The van der Waals surface area contributed by atoms with Crippen molar-refractivity contribution < 1.29 is 19.2 Å². The van der Waals surface area contributed by atoms with Crippen molar-refractivity contribution in [2.24, 2.45) is 0 Å². The van der Waals surface area contributed by atoms with Crippen LogP contribution in [0.1, 0.15) is 15.9 Å². The molecule has 0 atom stereocenters. The number of aromatic nitrogens is 2. The molecule has 0 unspecified atom stereocenters. The first kappa shape index (κ1) is 21.1. The number of nitro groups is 1. The third-order valence-corrected chi connectivity index (χ3v) is 5.40. The standard InChI is InChI=1S/C22H16N4O5S/c1-13-6-8-14(9-7-13)18-10-16(15-4-2-3-5-17(15)24-18)21(28)31-12-19(27)25-22-23-11-20(32-22)26(29)30/h2-11H,12H2,1H3,(H,23,25,27). The maximum Gasteiger partial charge on any atom is 0.345 e. The van der Waals surface area contributed by atoms with Gasteiger partial charge in [-0.15, -0.1) is 0 Å². The van der Waals surface area contributed by atoms with Gasteiger partial charge < -0.3 is 4.74 Å². The van der Waals surface area contributed by atoms with Crippen LogP contribution in [-0.4, -0.2) is 33.4 Å². The van der Waals surface area contributed by atoms with Crippen LogP contribution < -0.4 is 5.32 Å². The van der Waals surface area contributed by atoms with Gasteiger partial charge in [0.05, 0.1) is 21.7 Å². The lowest BCUT2D eigenvalue weighted by Gasteiger charge is -2.10. The highest BCUT2D eigenvalue weighted by Crippen LogP contribution is 2.26. The molecule has 2 heterocycles. The van der Waals surface area contributed by atoms with Gasteiger partial charge in [0.25, 0.3) is 5.91 Å². The van der Waals surface area contributed by atoms with Crippen LogP contribution in [0.5, 0.6) is 0 Å². The third kappa shape index (κ3) is 4.60. The van der Waals surface area contributed by atoms with Crippen LogP contribution in [0, 0.1) is 17.0 Å². The number of carbonyl (C=O) groups is 2. The zero-order valence-corrected chi connectivity index (χ0v) is 17.6. The number of amides is 1. The Balaban J connectivity index is 1.53. The fraction of sp³-hybridized carbons (Fsp3) is 0.0909. The fourth-order valence-electron chi connectivity index (χ4n) is 2.99. The molecule has 2 aromatic heterocycles. The number of fused-ring (bicyclic) bond motifs is 1. The van der Waals surface area contributed by atoms with Crippen LogP contribution in [0.2, 0.25) is 0 Å². The topological polar surface area (TPSA) is 124 Å². The number of nitrogens with zero attached hydrogens (tertiary/aromatic N) is 3. The Bertz CT molecular complexity index is 1330. The average Bonchev–Trinajstić information content (AvgIpc) is 3.26. The van der Waals surface area contributed by atoms with E-state index < -0.39 is 23.4 Å². The number of esters is 1. The van der Waals surface area contributed by atoms with E-state index in [-0.39, 0.29) is 15.7 Å². The number of thiazole rings is 1. The van der Waals surface area contributed by atoms with Crippen molar-refractivity contribution >= 4 is 44.2 Å². The highest BCUT2D eigenvalue weighted by molar-refractivity contribution is 7.18. The van der Waals surface area contributed by atoms with Gasteiger partial charge in [-0.25, -0.2) is 14.8 Å². The Hall–Kier alpha value is -4.18. The molecule has 0 bridgehead atoms. The number of hydrogen-bond acceptors (Lipinski definition) is 8. The molecule has 4 aromatic rings. The highest BCUT2D eigenvalue weighted by Gasteiger charge is 2.18. The van der Waals surface area contributed by atoms with Crippen molar-refractivity contribution in [2.75, 3.05) is 11.9 Å². The molecule has 9 nitrogen and oxygen atoms in total. The van der Waals surface area contributed by atoms with E-state index >= 15 is 0 Å². The quantitative estimate of drug-likeness (QED) is 0.264. The first-order valence-corrected chi connectivity index (χ1v) is 10.3. The highest BCUT2D eigenvalue weighted by atomic mass is 32.1. The van der Waals surface area contributed by atoms with E-state index in [9.17, 15) is 19.7 Å². The number of carbonyl (C=O) groups excluding carboxylic acids is 2. The molecule has 0 saturated heterocycles. The van der Waals surface area contributed by atoms with Crippen LogP contribution in [0.15, 0.2) is 60.8 Å². The first-order chi connectivity index (χ1) is 15.4. The Kier molecular flexibility index (Phi) is 5.86. The van der Waals surface area contributed by atoms with E-state index in [1.165, 1.54) is 0 Å². The minimum absolute atomic E-state index is 0.0498. The Labute approximate surface area is 185 Å². The second kappa shape index (κ2) is 8.90. The lowest BCUT2D eigenvalue weighted by atomic mass is 10.0. The van der Waals surface area contributed by atoms with Crippen molar-refractivity contribution in [2.45, 2.75) is 6.92 Å². The van der Waals surface area contributed by atoms with Crippen molar-refractivity contribution in [1.29, 1.82) is 0 Å². The molecule has 4 rings (SSSR count). The van der Waals surface area contributed by atoms with E-state index in [2.05, 4.69) is 15.3 Å². The summed E-state index contributed by atoms with van der Waals surface area (Å²) in [5.41, 5.74) is 3.46. The summed E-state index contributed by atoms with van der Waals surface area (Å²) in [5, 5.41) is 13.5. The largest absolute Gasteiger partial charge is 0.452 e. The van der Waals surface area contributed by atoms with Crippen molar-refractivity contribution in [3.05, 3.63) is 82.0 Å². The number of hydrogen-bond donors (Lipinski definition) is 1. The number of anilines is 1. The molecule has 2 aromatic carbocycles. The van der Waals surface area contributed by atoms with Crippen LogP contribution in [0.3, 0.4) is 0 Å². The molecule has 1 N–H and O–H groups in total. The summed E-state index contributed by atoms with van der Waals surface area (Å²) in [5.74, 6) is -1.34. The molecule has 10 heteroatoms. The third-order valence-electron chi connectivity index (χ3n) is 4.54. The van der Waals surface area contributed by atoms with Gasteiger partial charge in [-0.2, -0.15) is 0 Å². The van der Waals surface area contributed by atoms with Gasteiger partial charge in [0.2, 0.25) is 0 Å². The summed E-state index contributed by atoms with van der Waals surface area (Å²) in [4.78, 5) is 43.4. The maximum atomic E-state index is 12.8. The van der Waals surface area contributed by atoms with Gasteiger partial charge >= 0.3 is 11.0 Å². The molecule has 160 valence electrons. The fourth-order valence-corrected chi connectivity index (χ4v) is 3.64. The summed E-state index contributed by atoms with van der Waals surface area (Å²) in [6, 6.07) is 16.5. The number of rotatable bonds is 6. The lowest BCUT2D eigenvalue weighted by Crippen LogP contribution is -2.21. The molecule has 0 aliphatic heterocycles. The number of pyridine rings is 1. The van der Waals surface area contributed by atoms with E-state index in [4.69, 9.17) is 4.74 Å². The smallest absolute Gasteiger partial charge is 0.345 e. The van der Waals surface area contributed by atoms with Crippen molar-refractivity contribution in [1.82, 2.24) is 9.97 Å². The van der Waals surface area contributed by atoms with Gasteiger partial charge in [0.15, 0.2) is 11.7 Å². The lowest BCUT2D eigenvalue weighted by molar-refractivity contribution is -0.380. The number of aryl methyl sites for hydroxylation is 1. The molecule has 0 radical (unpaired) electrons. The molecule has 0 aliphatic carbocycles. The molecule has 32 heavy (non-hydrogen) atoms. The minimum Gasteiger partial charge on any atom is -0.452 e. The molecule has 1 amide bonds. The number of ether oxygens (including phenoxy) is 1. The van der Waals surface area contributed by atoms with Gasteiger partial charge in [0, 0.05) is 10.9 Å². The van der Waals surface area contributed by atoms with E-state index in [1.54, 1.807) is 24.3 Å². The Morgan fingerprint density at radius 3 is 2.62 bits per heavy atom. The average molecular weight is 448 g/mol. The maximum absolute atomic E-state index is 12.8. The zero-order valence-electron chi connectivity index (χ0n) is 16.8. The normalized spacial score (nSPS) is 10.7. The predicted molar refractivity (Wildman–Crippen MR) is 120 cm³/mol. The van der Waals surface area contributed by atoms with E-state index in [0.717, 1.165) is 17.3 Å². The second-order valence-electron chi connectivity index (χ2n) is 6.82. The van der Waals surface area contributed by atoms with Crippen LogP contribution in [0.25, 0.3) is 22.2 Å². The van der Waals surface area contributed by atoms with Gasteiger partial charge in [-0.1, -0.05) is 48.0 Å². The Morgan fingerprint density at radius 2 is 1.91 bits per heavy atom. The van der Waals surface area contributed by atoms with Gasteiger partial charge in [-0.05, 0) is 30.4 Å². The minimum atomic E-state index is -0.683. The van der Waals surface area contributed by atoms with E-state index in [1.807, 2.05) is 37.3 Å². The van der Waals surface area contributed by atoms with Gasteiger partial charge in [0.1, 0.15) is 6.20 Å². The van der Waals surface area contributed by atoms with E-state index in [0.29, 0.717) is 27.9 Å². The summed E-state index contributed by atoms with van der Waals surface area (Å²) >= 11 is 0.711. The van der Waals surface area contributed by atoms with Crippen molar-refractivity contribution in [3.8, 4) is 11.3 Å². The number of nitrogens with one attached hydrogen (secondary N) is 1. The first-order valence-electron chi connectivity index (χ1n) is 9.45. The van der Waals surface area contributed by atoms with Crippen LogP contribution in [0.4, 0.5) is 10.1 Å². The second-order valence-corrected chi connectivity index (χ2v) is 7.83. The molecule has 0 spiro atoms. The van der Waals surface area contributed by atoms with Crippen LogP contribution >= 0.6 is 11.3 Å². The molecular weight excluding hydrogens is 432 g/mol.